The predicted octanol–water partition coefficient (Wildman–Crippen LogP) is 15.0. The average Bonchev–Trinajstić information content (AvgIpc) is 3.07. The molecule has 0 rings (SSSR count). The van der Waals surface area contributed by atoms with E-state index in [1.54, 1.807) is 0 Å². The Hall–Kier alpha value is -1.32. The molecule has 0 spiro atoms. The number of ether oxygens (including phenoxy) is 1. The van der Waals surface area contributed by atoms with E-state index in [9.17, 15) is 9.59 Å². The van der Waals surface area contributed by atoms with Gasteiger partial charge in [0.1, 0.15) is 6.10 Å². The fourth-order valence-corrected chi connectivity index (χ4v) is 6.82. The van der Waals surface area contributed by atoms with Crippen molar-refractivity contribution >= 4 is 11.9 Å². The Balaban J connectivity index is 3.49. The lowest BCUT2D eigenvalue weighted by Gasteiger charge is -2.17. The highest BCUT2D eigenvalue weighted by molar-refractivity contribution is 5.69. The van der Waals surface area contributed by atoms with Crippen molar-refractivity contribution in [2.24, 2.45) is 0 Å². The van der Waals surface area contributed by atoms with E-state index in [-0.39, 0.29) is 12.1 Å². The molecule has 0 saturated carbocycles. The molecular formula is C44H84O4. The molecule has 48 heavy (non-hydrogen) atoms. The quantitative estimate of drug-likeness (QED) is 0.0398. The summed E-state index contributed by atoms with van der Waals surface area (Å²) in [4.78, 5) is 23.0. The van der Waals surface area contributed by atoms with Crippen LogP contribution in [0.5, 0.6) is 0 Å². The van der Waals surface area contributed by atoms with E-state index < -0.39 is 5.97 Å². The second kappa shape index (κ2) is 40.1. The molecule has 0 aromatic rings. The number of unbranched alkanes of at least 4 members (excludes halogenated alkanes) is 29. The Morgan fingerprint density at radius 2 is 0.792 bits per heavy atom. The zero-order chi connectivity index (χ0) is 35.0. The second-order valence-electron chi connectivity index (χ2n) is 14.9. The number of carboxylic acids is 1. The maximum Gasteiger partial charge on any atom is 0.306 e. The van der Waals surface area contributed by atoms with Crippen LogP contribution >= 0.6 is 0 Å². The van der Waals surface area contributed by atoms with Crippen LogP contribution in [0.4, 0.5) is 0 Å². The van der Waals surface area contributed by atoms with Crippen LogP contribution in [0.3, 0.4) is 0 Å². The first-order chi connectivity index (χ1) is 23.6. The topological polar surface area (TPSA) is 63.6 Å². The molecule has 1 unspecified atom stereocenters. The summed E-state index contributed by atoms with van der Waals surface area (Å²) < 4.78 is 5.90. The normalized spacial score (nSPS) is 12.2. The van der Waals surface area contributed by atoms with E-state index in [0.717, 1.165) is 44.9 Å². The van der Waals surface area contributed by atoms with E-state index in [1.807, 2.05) is 0 Å². The van der Waals surface area contributed by atoms with Crippen LogP contribution in [0.1, 0.15) is 251 Å². The van der Waals surface area contributed by atoms with Gasteiger partial charge in [0.2, 0.25) is 0 Å². The van der Waals surface area contributed by atoms with Crippen molar-refractivity contribution in [2.75, 3.05) is 0 Å². The first-order valence-corrected chi connectivity index (χ1v) is 21.7. The third-order valence-electron chi connectivity index (χ3n) is 9.97. The zero-order valence-corrected chi connectivity index (χ0v) is 32.6. The lowest BCUT2D eigenvalue weighted by atomic mass is 10.0. The fourth-order valence-electron chi connectivity index (χ4n) is 6.82. The van der Waals surface area contributed by atoms with Gasteiger partial charge in [0, 0.05) is 12.8 Å². The molecule has 0 amide bonds. The van der Waals surface area contributed by atoms with E-state index in [0.29, 0.717) is 12.8 Å². The van der Waals surface area contributed by atoms with Crippen LogP contribution in [-0.4, -0.2) is 23.1 Å². The number of carbonyl (C=O) groups excluding carboxylic acids is 1. The van der Waals surface area contributed by atoms with Gasteiger partial charge in [-0.3, -0.25) is 9.59 Å². The van der Waals surface area contributed by atoms with Gasteiger partial charge in [0.05, 0.1) is 0 Å². The number of rotatable bonds is 40. The number of carboxylic acid groups (broad SMARTS) is 1. The van der Waals surface area contributed by atoms with Crippen LogP contribution in [0.25, 0.3) is 0 Å². The molecule has 0 fully saturated rings. The van der Waals surface area contributed by atoms with Gasteiger partial charge in [-0.2, -0.15) is 0 Å². The largest absolute Gasteiger partial charge is 0.481 e. The van der Waals surface area contributed by atoms with Crippen LogP contribution in [0, 0.1) is 0 Å². The molecule has 0 aromatic heterocycles. The SMILES string of the molecule is CCCCCCCC/C=C\CCCCCCCCCC(=O)OC(CCC)CCCCCCCCCCCCCCCCCCCC(=O)O. The lowest BCUT2D eigenvalue weighted by molar-refractivity contribution is -0.150. The van der Waals surface area contributed by atoms with Gasteiger partial charge in [0.15, 0.2) is 0 Å². The van der Waals surface area contributed by atoms with Crippen molar-refractivity contribution in [3.05, 3.63) is 12.2 Å². The summed E-state index contributed by atoms with van der Waals surface area (Å²) in [5.41, 5.74) is 0. The molecular weight excluding hydrogens is 592 g/mol. The molecule has 284 valence electrons. The molecule has 1 atom stereocenters. The number of esters is 1. The summed E-state index contributed by atoms with van der Waals surface area (Å²) in [6.45, 7) is 4.48. The van der Waals surface area contributed by atoms with Crippen molar-refractivity contribution < 1.29 is 19.4 Å². The molecule has 0 bridgehead atoms. The van der Waals surface area contributed by atoms with Gasteiger partial charge >= 0.3 is 11.9 Å². The van der Waals surface area contributed by atoms with Crippen LogP contribution in [0.15, 0.2) is 12.2 Å². The monoisotopic (exact) mass is 677 g/mol. The third-order valence-corrected chi connectivity index (χ3v) is 9.97. The molecule has 4 nitrogen and oxygen atoms in total. The minimum atomic E-state index is -0.661. The molecule has 4 heteroatoms. The number of carbonyl (C=O) groups is 2. The average molecular weight is 677 g/mol. The van der Waals surface area contributed by atoms with Gasteiger partial charge in [-0.05, 0) is 57.8 Å². The van der Waals surface area contributed by atoms with Gasteiger partial charge < -0.3 is 9.84 Å². The van der Waals surface area contributed by atoms with Crippen molar-refractivity contribution in [1.29, 1.82) is 0 Å². The number of allylic oxidation sites excluding steroid dienone is 2. The molecule has 0 aliphatic heterocycles. The zero-order valence-electron chi connectivity index (χ0n) is 32.6. The number of hydrogen-bond acceptors (Lipinski definition) is 3. The minimum absolute atomic E-state index is 0.0335. The van der Waals surface area contributed by atoms with E-state index in [1.165, 1.54) is 180 Å². The van der Waals surface area contributed by atoms with Crippen molar-refractivity contribution in [2.45, 2.75) is 258 Å². The molecule has 0 aromatic carbocycles. The van der Waals surface area contributed by atoms with E-state index in [2.05, 4.69) is 26.0 Å². The summed E-state index contributed by atoms with van der Waals surface area (Å²) in [6, 6.07) is 0. The van der Waals surface area contributed by atoms with Gasteiger partial charge in [-0.25, -0.2) is 0 Å². The highest BCUT2D eigenvalue weighted by Gasteiger charge is 2.13. The Morgan fingerprint density at radius 3 is 1.19 bits per heavy atom. The first-order valence-electron chi connectivity index (χ1n) is 21.7. The summed E-state index contributed by atoms with van der Waals surface area (Å²) in [5, 5.41) is 8.66. The first kappa shape index (κ1) is 46.7. The van der Waals surface area contributed by atoms with Crippen molar-refractivity contribution in [3.8, 4) is 0 Å². The van der Waals surface area contributed by atoms with Crippen molar-refractivity contribution in [3.63, 3.8) is 0 Å². The molecule has 0 aliphatic rings. The van der Waals surface area contributed by atoms with Crippen LogP contribution in [0.2, 0.25) is 0 Å². The van der Waals surface area contributed by atoms with E-state index >= 15 is 0 Å². The highest BCUT2D eigenvalue weighted by atomic mass is 16.5. The summed E-state index contributed by atoms with van der Waals surface area (Å²) in [7, 11) is 0. The Bertz CT molecular complexity index is 687. The summed E-state index contributed by atoms with van der Waals surface area (Å²) >= 11 is 0. The predicted molar refractivity (Wildman–Crippen MR) is 209 cm³/mol. The maximum absolute atomic E-state index is 12.5. The minimum Gasteiger partial charge on any atom is -0.481 e. The molecule has 0 aliphatic carbocycles. The van der Waals surface area contributed by atoms with Gasteiger partial charge in [-0.1, -0.05) is 193 Å². The Labute approximate surface area is 300 Å². The van der Waals surface area contributed by atoms with Crippen LogP contribution < -0.4 is 0 Å². The molecule has 1 N–H and O–H groups in total. The number of hydrogen-bond donors (Lipinski definition) is 1. The molecule has 0 radical (unpaired) electrons. The summed E-state index contributed by atoms with van der Waals surface area (Å²) in [6.07, 6.45) is 50.3. The van der Waals surface area contributed by atoms with E-state index in [4.69, 9.17) is 9.84 Å². The Kier molecular flexibility index (Phi) is 39.0. The lowest BCUT2D eigenvalue weighted by Crippen LogP contribution is -2.18. The maximum atomic E-state index is 12.5. The second-order valence-corrected chi connectivity index (χ2v) is 14.9. The summed E-state index contributed by atoms with van der Waals surface area (Å²) in [5.74, 6) is -0.627. The molecule has 0 saturated heterocycles. The third kappa shape index (κ3) is 39.1. The van der Waals surface area contributed by atoms with Gasteiger partial charge in [-0.15, -0.1) is 0 Å². The highest BCUT2D eigenvalue weighted by Crippen LogP contribution is 2.18. The number of aliphatic carboxylic acids is 1. The van der Waals surface area contributed by atoms with Crippen LogP contribution in [-0.2, 0) is 14.3 Å². The standard InChI is InChI=1S/C44H84O4/c1-3-5-6-7-8-9-10-11-12-14-19-22-25-28-31-34-37-41-44(47)48-42(38-4-2)39-35-32-29-26-23-20-17-15-13-16-18-21-24-27-30-33-36-40-43(45)46/h11-12,42H,3-10,13-41H2,1-2H3,(H,45,46)/b12-11-. The molecule has 0 heterocycles. The Morgan fingerprint density at radius 1 is 0.438 bits per heavy atom. The van der Waals surface area contributed by atoms with Gasteiger partial charge in [0.25, 0.3) is 0 Å². The smallest absolute Gasteiger partial charge is 0.306 e. The van der Waals surface area contributed by atoms with Crippen molar-refractivity contribution in [1.82, 2.24) is 0 Å². The fraction of sp³-hybridized carbons (Fsp3) is 0.909.